The lowest BCUT2D eigenvalue weighted by molar-refractivity contribution is -0.131. The lowest BCUT2D eigenvalue weighted by Crippen LogP contribution is -2.29. The summed E-state index contributed by atoms with van der Waals surface area (Å²) in [7, 11) is 2.12. The predicted molar refractivity (Wildman–Crippen MR) is 82.4 cm³/mol. The van der Waals surface area contributed by atoms with Crippen LogP contribution in [0.5, 0.6) is 0 Å². The number of hydrogen-bond acceptors (Lipinski definition) is 3. The molecule has 0 aliphatic carbocycles. The van der Waals surface area contributed by atoms with Gasteiger partial charge in [-0.25, -0.2) is 4.79 Å². The van der Waals surface area contributed by atoms with E-state index in [2.05, 4.69) is 16.8 Å². The summed E-state index contributed by atoms with van der Waals surface area (Å²) in [5.74, 6) is -0.943. The second-order valence-electron chi connectivity index (χ2n) is 5.02. The lowest BCUT2D eigenvalue weighted by Gasteiger charge is -2.25. The summed E-state index contributed by atoms with van der Waals surface area (Å²) in [6.07, 6.45) is 3.88. The van der Waals surface area contributed by atoms with Gasteiger partial charge >= 0.3 is 5.97 Å². The van der Waals surface area contributed by atoms with E-state index in [9.17, 15) is 4.79 Å². The van der Waals surface area contributed by atoms with Crippen LogP contribution in [0.4, 0.5) is 5.69 Å². The molecule has 1 aliphatic rings. The molecule has 0 amide bonds. The summed E-state index contributed by atoms with van der Waals surface area (Å²) in [5.41, 5.74) is 1.90. The van der Waals surface area contributed by atoms with Crippen LogP contribution in [0.15, 0.2) is 24.3 Å². The van der Waals surface area contributed by atoms with Crippen molar-refractivity contribution in [1.82, 2.24) is 4.90 Å². The second kappa shape index (κ2) is 6.77. The van der Waals surface area contributed by atoms with Gasteiger partial charge in [0, 0.05) is 36.4 Å². The smallest absolute Gasteiger partial charge is 0.328 e. The molecule has 5 heteroatoms. The van der Waals surface area contributed by atoms with Gasteiger partial charge in [0.2, 0.25) is 0 Å². The van der Waals surface area contributed by atoms with Crippen LogP contribution >= 0.6 is 11.6 Å². The van der Waals surface area contributed by atoms with Gasteiger partial charge in [-0.05, 0) is 43.8 Å². The van der Waals surface area contributed by atoms with E-state index in [1.54, 1.807) is 12.1 Å². The molecule has 0 aromatic heterocycles. The fourth-order valence-electron chi connectivity index (χ4n) is 2.38. The molecule has 4 nitrogen and oxygen atoms in total. The number of hydrogen-bond donors (Lipinski definition) is 1. The Morgan fingerprint density at radius 1 is 1.30 bits per heavy atom. The Balaban J connectivity index is 2.28. The van der Waals surface area contributed by atoms with Crippen LogP contribution in [0.2, 0.25) is 5.02 Å². The van der Waals surface area contributed by atoms with Crippen LogP contribution in [0.3, 0.4) is 0 Å². The van der Waals surface area contributed by atoms with Gasteiger partial charge in [-0.15, -0.1) is 0 Å². The van der Waals surface area contributed by atoms with Gasteiger partial charge in [0.1, 0.15) is 0 Å². The van der Waals surface area contributed by atoms with Crippen LogP contribution in [-0.2, 0) is 4.79 Å². The molecule has 1 fully saturated rings. The highest BCUT2D eigenvalue weighted by atomic mass is 35.5. The van der Waals surface area contributed by atoms with Crippen molar-refractivity contribution in [2.45, 2.75) is 6.42 Å². The number of benzene rings is 1. The first-order chi connectivity index (χ1) is 9.56. The molecule has 1 saturated heterocycles. The average molecular weight is 295 g/mol. The van der Waals surface area contributed by atoms with E-state index in [1.807, 2.05) is 12.1 Å². The number of carboxylic acids is 1. The molecule has 2 rings (SSSR count). The van der Waals surface area contributed by atoms with Gasteiger partial charge in [0.15, 0.2) is 0 Å². The number of nitrogens with zero attached hydrogens (tertiary/aromatic N) is 2. The van der Waals surface area contributed by atoms with Crippen molar-refractivity contribution in [2.24, 2.45) is 0 Å². The number of anilines is 1. The maximum atomic E-state index is 10.7. The zero-order chi connectivity index (χ0) is 14.5. The first kappa shape index (κ1) is 14.9. The minimum atomic E-state index is -0.943. The predicted octanol–water partition coefficient (Wildman–Crippen LogP) is 2.58. The van der Waals surface area contributed by atoms with Gasteiger partial charge in [-0.1, -0.05) is 17.7 Å². The van der Waals surface area contributed by atoms with Crippen molar-refractivity contribution in [1.29, 1.82) is 0 Å². The molecule has 1 N–H and O–H groups in total. The van der Waals surface area contributed by atoms with Gasteiger partial charge in [0.25, 0.3) is 0 Å². The SMILES string of the molecule is CN1CCCN(c2cc(Cl)ccc2/C=C/C(=O)O)CC1. The maximum absolute atomic E-state index is 10.7. The van der Waals surface area contributed by atoms with Crippen LogP contribution in [0.25, 0.3) is 6.08 Å². The van der Waals surface area contributed by atoms with Crippen LogP contribution in [0.1, 0.15) is 12.0 Å². The summed E-state index contributed by atoms with van der Waals surface area (Å²) in [5, 5.41) is 9.45. The van der Waals surface area contributed by atoms with E-state index in [0.717, 1.165) is 49.9 Å². The lowest BCUT2D eigenvalue weighted by atomic mass is 10.1. The third kappa shape index (κ3) is 3.99. The third-order valence-electron chi connectivity index (χ3n) is 3.46. The molecule has 0 spiro atoms. The van der Waals surface area contributed by atoms with Crippen LogP contribution < -0.4 is 4.90 Å². The quantitative estimate of drug-likeness (QED) is 0.870. The van der Waals surface area contributed by atoms with Crippen molar-refractivity contribution in [3.05, 3.63) is 34.9 Å². The number of aliphatic carboxylic acids is 1. The first-order valence-electron chi connectivity index (χ1n) is 6.70. The van der Waals surface area contributed by atoms with E-state index in [1.165, 1.54) is 0 Å². The summed E-state index contributed by atoms with van der Waals surface area (Å²) in [6, 6.07) is 5.57. The molecule has 0 radical (unpaired) electrons. The summed E-state index contributed by atoms with van der Waals surface area (Å²) < 4.78 is 0. The maximum Gasteiger partial charge on any atom is 0.328 e. The van der Waals surface area contributed by atoms with E-state index >= 15 is 0 Å². The molecule has 1 heterocycles. The fraction of sp³-hybridized carbons (Fsp3) is 0.400. The molecule has 1 aliphatic heterocycles. The van der Waals surface area contributed by atoms with E-state index in [4.69, 9.17) is 16.7 Å². The van der Waals surface area contributed by atoms with Crippen molar-refractivity contribution < 1.29 is 9.90 Å². The van der Waals surface area contributed by atoms with Gasteiger partial charge < -0.3 is 14.9 Å². The molecule has 0 saturated carbocycles. The number of carboxylic acid groups (broad SMARTS) is 1. The topological polar surface area (TPSA) is 43.8 Å². The highest BCUT2D eigenvalue weighted by Gasteiger charge is 2.15. The van der Waals surface area contributed by atoms with Gasteiger partial charge in [0.05, 0.1) is 0 Å². The molecule has 1 aromatic rings. The largest absolute Gasteiger partial charge is 0.478 e. The molecule has 0 unspecified atom stereocenters. The zero-order valence-corrected chi connectivity index (χ0v) is 12.3. The minimum absolute atomic E-state index is 0.671. The fourth-order valence-corrected chi connectivity index (χ4v) is 2.55. The van der Waals surface area contributed by atoms with E-state index in [0.29, 0.717) is 5.02 Å². The van der Waals surface area contributed by atoms with Crippen molar-refractivity contribution in [3.8, 4) is 0 Å². The zero-order valence-electron chi connectivity index (χ0n) is 11.6. The molecular formula is C15H19ClN2O2. The van der Waals surface area contributed by atoms with Gasteiger partial charge in [-0.3, -0.25) is 0 Å². The number of rotatable bonds is 3. The highest BCUT2D eigenvalue weighted by molar-refractivity contribution is 6.31. The molecular weight excluding hydrogens is 276 g/mol. The summed E-state index contributed by atoms with van der Waals surface area (Å²) >= 11 is 6.09. The van der Waals surface area contributed by atoms with Crippen LogP contribution in [-0.4, -0.2) is 49.2 Å². The van der Waals surface area contributed by atoms with Gasteiger partial charge in [-0.2, -0.15) is 0 Å². The first-order valence-corrected chi connectivity index (χ1v) is 7.08. The third-order valence-corrected chi connectivity index (χ3v) is 3.69. The van der Waals surface area contributed by atoms with Crippen molar-refractivity contribution in [2.75, 3.05) is 38.1 Å². The minimum Gasteiger partial charge on any atom is -0.478 e. The normalized spacial score (nSPS) is 17.4. The number of halogens is 1. The standard InChI is InChI=1S/C15H19ClN2O2/c1-17-7-2-8-18(10-9-17)14-11-13(16)5-3-12(14)4-6-15(19)20/h3-6,11H,2,7-10H2,1H3,(H,19,20)/b6-4+. The Labute approximate surface area is 124 Å². The Hall–Kier alpha value is -1.52. The average Bonchev–Trinajstić information content (AvgIpc) is 2.62. The second-order valence-corrected chi connectivity index (χ2v) is 5.46. The molecule has 0 bridgehead atoms. The molecule has 20 heavy (non-hydrogen) atoms. The van der Waals surface area contributed by atoms with Crippen molar-refractivity contribution in [3.63, 3.8) is 0 Å². The number of likely N-dealkylation sites (N-methyl/N-ethyl adjacent to an activating group) is 1. The van der Waals surface area contributed by atoms with E-state index < -0.39 is 5.97 Å². The van der Waals surface area contributed by atoms with E-state index in [-0.39, 0.29) is 0 Å². The highest BCUT2D eigenvalue weighted by Crippen LogP contribution is 2.27. The Kier molecular flexibility index (Phi) is 5.04. The van der Waals surface area contributed by atoms with Crippen LogP contribution in [0, 0.1) is 0 Å². The van der Waals surface area contributed by atoms with Crippen molar-refractivity contribution >= 4 is 29.3 Å². The molecule has 0 atom stereocenters. The Morgan fingerprint density at radius 2 is 2.10 bits per heavy atom. The summed E-state index contributed by atoms with van der Waals surface area (Å²) in [4.78, 5) is 15.3. The Bertz CT molecular complexity index is 517. The molecule has 1 aromatic carbocycles. The molecule has 108 valence electrons. The monoisotopic (exact) mass is 294 g/mol. The number of carbonyl (C=O) groups is 1. The Morgan fingerprint density at radius 3 is 2.85 bits per heavy atom. The summed E-state index contributed by atoms with van der Waals surface area (Å²) in [6.45, 7) is 3.95.